The van der Waals surface area contributed by atoms with E-state index in [1.807, 2.05) is 19.1 Å². The van der Waals surface area contributed by atoms with Crippen LogP contribution in [0.5, 0.6) is 11.5 Å². The molecule has 1 amide bonds. The number of halogens is 3. The summed E-state index contributed by atoms with van der Waals surface area (Å²) in [4.78, 5) is 19.3. The molecular formula is C22H21F3N4O3. The van der Waals surface area contributed by atoms with E-state index in [4.69, 9.17) is 14.5 Å². The number of aryl methyl sites for hydroxylation is 1. The van der Waals surface area contributed by atoms with Crippen LogP contribution >= 0.6 is 0 Å². The minimum atomic E-state index is -4.41. The van der Waals surface area contributed by atoms with Gasteiger partial charge in [-0.2, -0.15) is 18.3 Å². The molecule has 0 spiro atoms. The van der Waals surface area contributed by atoms with Gasteiger partial charge >= 0.3 is 6.18 Å². The monoisotopic (exact) mass is 446 g/mol. The van der Waals surface area contributed by atoms with E-state index in [9.17, 15) is 18.0 Å². The molecule has 1 aliphatic heterocycles. The Morgan fingerprint density at radius 2 is 1.75 bits per heavy atom. The summed E-state index contributed by atoms with van der Waals surface area (Å²) in [5.41, 5.74) is 3.38. The predicted molar refractivity (Wildman–Crippen MR) is 111 cm³/mol. The van der Waals surface area contributed by atoms with Crippen molar-refractivity contribution in [2.45, 2.75) is 32.6 Å². The fraction of sp³-hybridized carbons (Fsp3) is 0.318. The van der Waals surface area contributed by atoms with Crippen LogP contribution in [0.1, 0.15) is 34.6 Å². The summed E-state index contributed by atoms with van der Waals surface area (Å²) in [7, 11) is 3.11. The number of carbonyl (C=O) groups excluding carboxylic acids is 1. The number of benzene rings is 1. The largest absolute Gasteiger partial charge is 0.497 e. The molecule has 10 heteroatoms. The molecule has 0 saturated heterocycles. The minimum Gasteiger partial charge on any atom is -0.497 e. The molecule has 0 aliphatic carbocycles. The fourth-order valence-corrected chi connectivity index (χ4v) is 3.89. The van der Waals surface area contributed by atoms with Crippen molar-refractivity contribution in [1.82, 2.24) is 14.8 Å². The number of aromatic nitrogens is 3. The number of anilines is 1. The first-order valence-corrected chi connectivity index (χ1v) is 9.79. The Labute approximate surface area is 182 Å². The number of rotatable bonds is 5. The van der Waals surface area contributed by atoms with Gasteiger partial charge in [-0.15, -0.1) is 0 Å². The van der Waals surface area contributed by atoms with Crippen LogP contribution in [0.4, 0.5) is 18.9 Å². The molecule has 4 rings (SSSR count). The van der Waals surface area contributed by atoms with Gasteiger partial charge in [0.1, 0.15) is 18.0 Å². The van der Waals surface area contributed by atoms with Gasteiger partial charge in [0, 0.05) is 17.8 Å². The summed E-state index contributed by atoms with van der Waals surface area (Å²) >= 11 is 0. The summed E-state index contributed by atoms with van der Waals surface area (Å²) in [5, 5.41) is 3.76. The molecule has 0 bridgehead atoms. The molecule has 32 heavy (non-hydrogen) atoms. The molecule has 0 radical (unpaired) electrons. The third kappa shape index (κ3) is 3.88. The zero-order valence-corrected chi connectivity index (χ0v) is 17.9. The Morgan fingerprint density at radius 3 is 2.34 bits per heavy atom. The highest BCUT2D eigenvalue weighted by molar-refractivity contribution is 6.11. The lowest BCUT2D eigenvalue weighted by Crippen LogP contribution is -2.26. The molecule has 3 aromatic rings. The lowest BCUT2D eigenvalue weighted by atomic mass is 10.0. The number of ether oxygens (including phenoxy) is 2. The van der Waals surface area contributed by atoms with Crippen LogP contribution in [0.15, 0.2) is 36.7 Å². The van der Waals surface area contributed by atoms with Crippen molar-refractivity contribution in [2.75, 3.05) is 19.1 Å². The van der Waals surface area contributed by atoms with E-state index < -0.39 is 18.8 Å². The number of methoxy groups -OCH3 is 2. The van der Waals surface area contributed by atoms with Crippen molar-refractivity contribution >= 4 is 11.6 Å². The van der Waals surface area contributed by atoms with Crippen LogP contribution < -0.4 is 14.4 Å². The van der Waals surface area contributed by atoms with Gasteiger partial charge in [-0.1, -0.05) is 0 Å². The van der Waals surface area contributed by atoms with E-state index in [2.05, 4.69) is 5.10 Å². The highest BCUT2D eigenvalue weighted by Gasteiger charge is 2.39. The van der Waals surface area contributed by atoms with E-state index in [-0.39, 0.29) is 11.6 Å². The number of fused-ring (bicyclic) bond motifs is 1. The van der Waals surface area contributed by atoms with Crippen LogP contribution in [0.25, 0.3) is 11.3 Å². The second-order valence-electron chi connectivity index (χ2n) is 7.55. The predicted octanol–water partition coefficient (Wildman–Crippen LogP) is 4.55. The molecule has 7 nitrogen and oxygen atoms in total. The smallest absolute Gasteiger partial charge is 0.408 e. The molecule has 1 aromatic carbocycles. The van der Waals surface area contributed by atoms with Crippen molar-refractivity contribution in [1.29, 1.82) is 0 Å². The van der Waals surface area contributed by atoms with Crippen molar-refractivity contribution in [3.63, 3.8) is 0 Å². The quantitative estimate of drug-likeness (QED) is 0.575. The number of nitrogens with zero attached hydrogens (tertiary/aromatic N) is 4. The SMILES string of the molecule is COc1cc(OC)cc(-c2cc(C)c3c(n2)[C@H](C)N(c2cnn(CC(F)(F)F)c2)C3=O)c1. The zero-order valence-electron chi connectivity index (χ0n) is 17.9. The minimum absolute atomic E-state index is 0.286. The maximum Gasteiger partial charge on any atom is 0.408 e. The molecule has 1 atom stereocenters. The second-order valence-corrected chi connectivity index (χ2v) is 7.55. The van der Waals surface area contributed by atoms with E-state index in [0.29, 0.717) is 34.0 Å². The number of pyridine rings is 1. The fourth-order valence-electron chi connectivity index (χ4n) is 3.89. The first kappa shape index (κ1) is 21.7. The number of hydrogen-bond donors (Lipinski definition) is 0. The maximum absolute atomic E-state index is 13.2. The third-order valence-corrected chi connectivity index (χ3v) is 5.35. The van der Waals surface area contributed by atoms with E-state index in [1.54, 1.807) is 33.3 Å². The standard InChI is InChI=1S/C22H21F3N4O3/c1-12-5-18(14-6-16(31-3)8-17(7-14)32-4)27-20-13(2)29(21(30)19(12)20)15-9-26-28(10-15)11-22(23,24)25/h5-10,13H,11H2,1-4H3/t13-/m0/s1. The number of alkyl halides is 3. The summed E-state index contributed by atoms with van der Waals surface area (Å²) in [6.45, 7) is 2.37. The molecule has 168 valence electrons. The van der Waals surface area contributed by atoms with E-state index in [1.165, 1.54) is 17.3 Å². The second kappa shape index (κ2) is 7.85. The summed E-state index contributed by atoms with van der Waals surface area (Å²) in [6, 6.07) is 6.70. The summed E-state index contributed by atoms with van der Waals surface area (Å²) < 4.78 is 49.5. The molecule has 1 aliphatic rings. The first-order chi connectivity index (χ1) is 15.1. The Kier molecular flexibility index (Phi) is 5.31. The Balaban J connectivity index is 1.73. The molecule has 0 fully saturated rings. The Morgan fingerprint density at radius 1 is 1.09 bits per heavy atom. The average Bonchev–Trinajstić information content (AvgIpc) is 3.28. The van der Waals surface area contributed by atoms with Gasteiger partial charge in [-0.25, -0.2) is 4.98 Å². The lowest BCUT2D eigenvalue weighted by Gasteiger charge is -2.19. The molecule has 0 unspecified atom stereocenters. The van der Waals surface area contributed by atoms with Gasteiger partial charge in [-0.05, 0) is 37.6 Å². The summed E-state index contributed by atoms with van der Waals surface area (Å²) in [5.74, 6) is 0.878. The van der Waals surface area contributed by atoms with E-state index in [0.717, 1.165) is 10.2 Å². The van der Waals surface area contributed by atoms with Crippen LogP contribution in [0.2, 0.25) is 0 Å². The number of hydrogen-bond acceptors (Lipinski definition) is 5. The van der Waals surface area contributed by atoms with Gasteiger partial charge in [0.15, 0.2) is 0 Å². The normalized spacial score (nSPS) is 15.8. The van der Waals surface area contributed by atoms with Crippen molar-refractivity contribution < 1.29 is 27.4 Å². The molecule has 0 N–H and O–H groups in total. The van der Waals surface area contributed by atoms with Gasteiger partial charge in [0.25, 0.3) is 5.91 Å². The zero-order chi connectivity index (χ0) is 23.2. The van der Waals surface area contributed by atoms with Gasteiger partial charge in [0.2, 0.25) is 0 Å². The van der Waals surface area contributed by atoms with Gasteiger partial charge in [-0.3, -0.25) is 14.4 Å². The van der Waals surface area contributed by atoms with Crippen LogP contribution in [-0.4, -0.2) is 41.1 Å². The van der Waals surface area contributed by atoms with Crippen LogP contribution in [0.3, 0.4) is 0 Å². The maximum atomic E-state index is 13.2. The highest BCUT2D eigenvalue weighted by atomic mass is 19.4. The highest BCUT2D eigenvalue weighted by Crippen LogP contribution is 2.39. The summed E-state index contributed by atoms with van der Waals surface area (Å²) in [6.07, 6.45) is -1.93. The molecular weight excluding hydrogens is 425 g/mol. The van der Waals surface area contributed by atoms with Crippen molar-refractivity contribution in [3.8, 4) is 22.8 Å². The van der Waals surface area contributed by atoms with Gasteiger partial charge < -0.3 is 9.47 Å². The number of amides is 1. The Hall–Kier alpha value is -3.56. The molecule has 3 heterocycles. The third-order valence-electron chi connectivity index (χ3n) is 5.35. The first-order valence-electron chi connectivity index (χ1n) is 9.79. The van der Waals surface area contributed by atoms with Crippen LogP contribution in [-0.2, 0) is 6.54 Å². The van der Waals surface area contributed by atoms with Crippen LogP contribution in [0, 0.1) is 6.92 Å². The topological polar surface area (TPSA) is 69.5 Å². The lowest BCUT2D eigenvalue weighted by molar-refractivity contribution is -0.142. The van der Waals surface area contributed by atoms with Gasteiger partial charge in [0.05, 0.1) is 49.1 Å². The molecule has 2 aromatic heterocycles. The Bertz CT molecular complexity index is 1170. The molecule has 0 saturated carbocycles. The number of carbonyl (C=O) groups is 1. The van der Waals surface area contributed by atoms with E-state index >= 15 is 0 Å². The average molecular weight is 446 g/mol. The van der Waals surface area contributed by atoms with Crippen molar-refractivity contribution in [2.24, 2.45) is 0 Å². The van der Waals surface area contributed by atoms with Crippen molar-refractivity contribution in [3.05, 3.63) is 53.5 Å².